The molecule has 1 saturated heterocycles. The summed E-state index contributed by atoms with van der Waals surface area (Å²) in [4.78, 5) is 11.5. The zero-order chi connectivity index (χ0) is 10.6. The molecule has 0 atom stereocenters. The quantitative estimate of drug-likeness (QED) is 0.664. The normalized spacial score (nSPS) is 19.4. The monoisotopic (exact) mass is 216 g/mol. The van der Waals surface area contributed by atoms with E-state index in [1.807, 2.05) is 32.5 Å². The van der Waals surface area contributed by atoms with Crippen molar-refractivity contribution in [2.24, 2.45) is 5.92 Å². The van der Waals surface area contributed by atoms with Gasteiger partial charge >= 0.3 is 5.97 Å². The van der Waals surface area contributed by atoms with E-state index in [2.05, 4.69) is 0 Å². The minimum Gasteiger partial charge on any atom is -0.460 e. The molecule has 0 aromatic heterocycles. The molecule has 1 aliphatic heterocycles. The Labute approximate surface area is 90.8 Å². The molecule has 0 radical (unpaired) electrons. The highest BCUT2D eigenvalue weighted by Gasteiger charge is 2.21. The predicted molar refractivity (Wildman–Crippen MR) is 60.5 cm³/mol. The van der Waals surface area contributed by atoms with Crippen molar-refractivity contribution in [2.45, 2.75) is 45.6 Å². The standard InChI is InChI=1S/C11H20O2S/c1-11(2,3)13-10(12)8-9-4-6-14-7-5-9/h9H,4-8H2,1-3H3. The molecule has 0 aromatic rings. The Morgan fingerprint density at radius 3 is 2.43 bits per heavy atom. The highest BCUT2D eigenvalue weighted by Crippen LogP contribution is 2.26. The molecular weight excluding hydrogens is 196 g/mol. The molecule has 0 aliphatic carbocycles. The summed E-state index contributed by atoms with van der Waals surface area (Å²) in [6.07, 6.45) is 2.95. The Hall–Kier alpha value is -0.180. The van der Waals surface area contributed by atoms with Gasteiger partial charge in [0.25, 0.3) is 0 Å². The second-order valence-electron chi connectivity index (χ2n) is 4.85. The van der Waals surface area contributed by atoms with Crippen LogP contribution in [0.15, 0.2) is 0 Å². The Balaban J connectivity index is 2.25. The lowest BCUT2D eigenvalue weighted by molar-refractivity contribution is -0.156. The summed E-state index contributed by atoms with van der Waals surface area (Å²) in [6, 6.07) is 0. The summed E-state index contributed by atoms with van der Waals surface area (Å²) in [5, 5.41) is 0. The second kappa shape index (κ2) is 5.06. The van der Waals surface area contributed by atoms with E-state index in [4.69, 9.17) is 4.74 Å². The molecule has 0 aromatic carbocycles. The van der Waals surface area contributed by atoms with Crippen molar-refractivity contribution in [3.63, 3.8) is 0 Å². The molecule has 3 heteroatoms. The average Bonchev–Trinajstić information content (AvgIpc) is 2.02. The van der Waals surface area contributed by atoms with Crippen molar-refractivity contribution in [1.82, 2.24) is 0 Å². The molecule has 1 heterocycles. The number of carbonyl (C=O) groups excluding carboxylic acids is 1. The fourth-order valence-corrected chi connectivity index (χ4v) is 2.77. The van der Waals surface area contributed by atoms with Gasteiger partial charge < -0.3 is 4.74 Å². The van der Waals surface area contributed by atoms with E-state index in [9.17, 15) is 4.79 Å². The van der Waals surface area contributed by atoms with Gasteiger partial charge in [0, 0.05) is 6.42 Å². The molecule has 0 saturated carbocycles. The smallest absolute Gasteiger partial charge is 0.306 e. The van der Waals surface area contributed by atoms with Gasteiger partial charge in [-0.1, -0.05) is 0 Å². The van der Waals surface area contributed by atoms with E-state index < -0.39 is 0 Å². The number of ether oxygens (including phenoxy) is 1. The number of hydrogen-bond donors (Lipinski definition) is 0. The number of esters is 1. The Bertz CT molecular complexity index is 190. The average molecular weight is 216 g/mol. The van der Waals surface area contributed by atoms with E-state index in [1.165, 1.54) is 24.3 Å². The van der Waals surface area contributed by atoms with Gasteiger partial charge in [-0.3, -0.25) is 4.79 Å². The van der Waals surface area contributed by atoms with E-state index >= 15 is 0 Å². The fourth-order valence-electron chi connectivity index (χ4n) is 1.57. The van der Waals surface area contributed by atoms with Crippen LogP contribution in [0.5, 0.6) is 0 Å². The van der Waals surface area contributed by atoms with E-state index in [0.29, 0.717) is 12.3 Å². The van der Waals surface area contributed by atoms with Crippen molar-refractivity contribution in [3.8, 4) is 0 Å². The number of carbonyl (C=O) groups is 1. The number of thioether (sulfide) groups is 1. The lowest BCUT2D eigenvalue weighted by Gasteiger charge is -2.24. The third-order valence-electron chi connectivity index (χ3n) is 2.22. The molecule has 14 heavy (non-hydrogen) atoms. The first kappa shape index (κ1) is 11.9. The largest absolute Gasteiger partial charge is 0.460 e. The lowest BCUT2D eigenvalue weighted by atomic mass is 9.99. The SMILES string of the molecule is CC(C)(C)OC(=O)CC1CCSCC1. The second-order valence-corrected chi connectivity index (χ2v) is 6.07. The van der Waals surface area contributed by atoms with Crippen molar-refractivity contribution in [2.75, 3.05) is 11.5 Å². The number of hydrogen-bond acceptors (Lipinski definition) is 3. The van der Waals surface area contributed by atoms with E-state index in [-0.39, 0.29) is 11.6 Å². The molecular formula is C11H20O2S. The zero-order valence-electron chi connectivity index (χ0n) is 9.34. The first-order valence-corrected chi connectivity index (χ1v) is 6.42. The third kappa shape index (κ3) is 4.89. The van der Waals surface area contributed by atoms with E-state index in [1.54, 1.807) is 0 Å². The minimum atomic E-state index is -0.333. The van der Waals surface area contributed by atoms with Crippen LogP contribution < -0.4 is 0 Å². The molecule has 0 amide bonds. The molecule has 0 bridgehead atoms. The highest BCUT2D eigenvalue weighted by molar-refractivity contribution is 7.99. The van der Waals surface area contributed by atoms with Gasteiger partial charge in [-0.05, 0) is 51.0 Å². The molecule has 1 fully saturated rings. The summed E-state index contributed by atoms with van der Waals surface area (Å²) in [7, 11) is 0. The van der Waals surface area contributed by atoms with Crippen LogP contribution in [0.4, 0.5) is 0 Å². The van der Waals surface area contributed by atoms with Crippen LogP contribution >= 0.6 is 11.8 Å². The first-order valence-electron chi connectivity index (χ1n) is 5.27. The topological polar surface area (TPSA) is 26.3 Å². The summed E-state index contributed by atoms with van der Waals surface area (Å²) in [6.45, 7) is 5.75. The maximum absolute atomic E-state index is 11.5. The van der Waals surface area contributed by atoms with Crippen molar-refractivity contribution in [1.29, 1.82) is 0 Å². The van der Waals surface area contributed by atoms with E-state index in [0.717, 1.165) is 0 Å². The first-order chi connectivity index (χ1) is 6.47. The van der Waals surface area contributed by atoms with Crippen LogP contribution in [0, 0.1) is 5.92 Å². The Morgan fingerprint density at radius 2 is 1.93 bits per heavy atom. The lowest BCUT2D eigenvalue weighted by Crippen LogP contribution is -2.26. The summed E-state index contributed by atoms with van der Waals surface area (Å²) >= 11 is 1.99. The maximum atomic E-state index is 11.5. The van der Waals surface area contributed by atoms with Crippen molar-refractivity contribution >= 4 is 17.7 Å². The van der Waals surface area contributed by atoms with Crippen LogP contribution in [0.2, 0.25) is 0 Å². The van der Waals surface area contributed by atoms with Gasteiger partial charge in [-0.2, -0.15) is 11.8 Å². The van der Waals surface area contributed by atoms with Gasteiger partial charge in [0.2, 0.25) is 0 Å². The third-order valence-corrected chi connectivity index (χ3v) is 3.26. The van der Waals surface area contributed by atoms with Gasteiger partial charge in [0.05, 0.1) is 0 Å². The van der Waals surface area contributed by atoms with Crippen molar-refractivity contribution in [3.05, 3.63) is 0 Å². The minimum absolute atomic E-state index is 0.0330. The van der Waals surface area contributed by atoms with Gasteiger partial charge in [0.1, 0.15) is 5.60 Å². The molecule has 0 spiro atoms. The van der Waals surface area contributed by atoms with Crippen LogP contribution in [-0.2, 0) is 9.53 Å². The fraction of sp³-hybridized carbons (Fsp3) is 0.909. The number of rotatable bonds is 2. The molecule has 82 valence electrons. The van der Waals surface area contributed by atoms with Crippen LogP contribution in [0.25, 0.3) is 0 Å². The van der Waals surface area contributed by atoms with Gasteiger partial charge in [-0.25, -0.2) is 0 Å². The Morgan fingerprint density at radius 1 is 1.36 bits per heavy atom. The van der Waals surface area contributed by atoms with Crippen LogP contribution in [0.3, 0.4) is 0 Å². The predicted octanol–water partition coefficient (Wildman–Crippen LogP) is 2.86. The molecule has 1 rings (SSSR count). The zero-order valence-corrected chi connectivity index (χ0v) is 10.2. The summed E-state index contributed by atoms with van der Waals surface area (Å²) < 4.78 is 5.29. The van der Waals surface area contributed by atoms with Gasteiger partial charge in [0.15, 0.2) is 0 Å². The van der Waals surface area contributed by atoms with Crippen molar-refractivity contribution < 1.29 is 9.53 Å². The molecule has 1 aliphatic rings. The highest BCUT2D eigenvalue weighted by atomic mass is 32.2. The summed E-state index contributed by atoms with van der Waals surface area (Å²) in [5.41, 5.74) is -0.333. The van der Waals surface area contributed by atoms with Crippen LogP contribution in [-0.4, -0.2) is 23.1 Å². The molecule has 0 unspecified atom stereocenters. The van der Waals surface area contributed by atoms with Crippen LogP contribution in [0.1, 0.15) is 40.0 Å². The molecule has 2 nitrogen and oxygen atoms in total. The van der Waals surface area contributed by atoms with Gasteiger partial charge in [-0.15, -0.1) is 0 Å². The molecule has 0 N–H and O–H groups in total. The Kier molecular flexibility index (Phi) is 4.30. The summed E-state index contributed by atoms with van der Waals surface area (Å²) in [5.74, 6) is 2.93. The maximum Gasteiger partial charge on any atom is 0.306 e.